The molecule has 1 N–H and O–H groups in total. The Morgan fingerprint density at radius 1 is 1.31 bits per heavy atom. The Balaban J connectivity index is 4.64. The molecule has 0 fully saturated rings. The molecule has 0 rings (SSSR count). The summed E-state index contributed by atoms with van der Waals surface area (Å²) in [4.78, 5) is 10.1. The Morgan fingerprint density at radius 2 is 1.77 bits per heavy atom. The molecule has 0 aromatic carbocycles. The molecule has 0 aliphatic carbocycles. The summed E-state index contributed by atoms with van der Waals surface area (Å²) in [5.41, 5.74) is -4.09. The number of alkyl halides is 4. The highest BCUT2D eigenvalue weighted by molar-refractivity contribution is 5.78. The highest BCUT2D eigenvalue weighted by Crippen LogP contribution is 2.38. The lowest BCUT2D eigenvalue weighted by Gasteiger charge is -2.22. The van der Waals surface area contributed by atoms with E-state index in [1.807, 2.05) is 0 Å². The molecule has 0 aromatic rings. The van der Waals surface area contributed by atoms with Crippen LogP contribution in [0.5, 0.6) is 0 Å². The van der Waals surface area contributed by atoms with E-state index in [0.717, 1.165) is 0 Å². The van der Waals surface area contributed by atoms with E-state index < -0.39 is 24.2 Å². The SMILES string of the molecule is CCCC[C@](F)(C(=O)O)C(F)(F)F. The third kappa shape index (κ3) is 2.57. The summed E-state index contributed by atoms with van der Waals surface area (Å²) in [7, 11) is 0. The number of carboxylic acids is 1. The molecule has 1 atom stereocenters. The molecule has 0 aliphatic rings. The molecule has 78 valence electrons. The van der Waals surface area contributed by atoms with Crippen LogP contribution in [0.1, 0.15) is 26.2 Å². The predicted molar refractivity (Wildman–Crippen MR) is 37.1 cm³/mol. The van der Waals surface area contributed by atoms with E-state index in [4.69, 9.17) is 5.11 Å². The summed E-state index contributed by atoms with van der Waals surface area (Å²) in [6, 6.07) is 0. The summed E-state index contributed by atoms with van der Waals surface area (Å²) in [6.45, 7) is 1.55. The van der Waals surface area contributed by atoms with Crippen molar-refractivity contribution in [1.29, 1.82) is 0 Å². The van der Waals surface area contributed by atoms with Gasteiger partial charge in [-0.25, -0.2) is 9.18 Å². The molecule has 0 spiro atoms. The first kappa shape index (κ1) is 12.2. The van der Waals surface area contributed by atoms with Crippen LogP contribution in [0.3, 0.4) is 0 Å². The van der Waals surface area contributed by atoms with Gasteiger partial charge in [-0.3, -0.25) is 0 Å². The number of aliphatic carboxylic acids is 1. The molecule has 0 amide bonds. The van der Waals surface area contributed by atoms with E-state index in [-0.39, 0.29) is 6.42 Å². The van der Waals surface area contributed by atoms with Crippen LogP contribution >= 0.6 is 0 Å². The van der Waals surface area contributed by atoms with Crippen LogP contribution in [0.25, 0.3) is 0 Å². The molecule has 0 bridgehead atoms. The Hall–Kier alpha value is -0.810. The maximum absolute atomic E-state index is 12.9. The minimum absolute atomic E-state index is 0.109. The Kier molecular flexibility index (Phi) is 3.69. The quantitative estimate of drug-likeness (QED) is 0.711. The first-order valence-corrected chi connectivity index (χ1v) is 3.74. The highest BCUT2D eigenvalue weighted by Gasteiger charge is 2.61. The van der Waals surface area contributed by atoms with Crippen molar-refractivity contribution in [2.24, 2.45) is 0 Å². The average Bonchev–Trinajstić information content (AvgIpc) is 1.97. The van der Waals surface area contributed by atoms with E-state index >= 15 is 0 Å². The number of rotatable bonds is 4. The van der Waals surface area contributed by atoms with Crippen molar-refractivity contribution in [3.8, 4) is 0 Å². The Labute approximate surface area is 72.5 Å². The van der Waals surface area contributed by atoms with E-state index in [2.05, 4.69) is 0 Å². The largest absolute Gasteiger partial charge is 0.479 e. The fraction of sp³-hybridized carbons (Fsp3) is 0.857. The number of halogens is 4. The number of hydrogen-bond acceptors (Lipinski definition) is 1. The summed E-state index contributed by atoms with van der Waals surface area (Å²) in [5, 5.41) is 8.10. The normalized spacial score (nSPS) is 16.7. The summed E-state index contributed by atoms with van der Waals surface area (Å²) in [6.07, 6.45) is -6.16. The zero-order valence-corrected chi connectivity index (χ0v) is 6.99. The maximum Gasteiger partial charge on any atom is 0.433 e. The molecule has 0 aliphatic heterocycles. The zero-order valence-electron chi connectivity index (χ0n) is 6.99. The fourth-order valence-electron chi connectivity index (χ4n) is 0.790. The van der Waals surface area contributed by atoms with Crippen LogP contribution in [0, 0.1) is 0 Å². The first-order chi connectivity index (χ1) is 5.75. The third-order valence-corrected chi connectivity index (χ3v) is 1.66. The predicted octanol–water partition coefficient (Wildman–Crippen LogP) is 2.53. The van der Waals surface area contributed by atoms with Crippen molar-refractivity contribution >= 4 is 5.97 Å². The van der Waals surface area contributed by atoms with Gasteiger partial charge in [-0.15, -0.1) is 0 Å². The molecule has 2 nitrogen and oxygen atoms in total. The van der Waals surface area contributed by atoms with Gasteiger partial charge < -0.3 is 5.11 Å². The molecular weight excluding hydrogens is 192 g/mol. The van der Waals surface area contributed by atoms with Crippen molar-refractivity contribution < 1.29 is 27.5 Å². The van der Waals surface area contributed by atoms with Crippen molar-refractivity contribution in [2.45, 2.75) is 38.0 Å². The van der Waals surface area contributed by atoms with E-state index in [0.29, 0.717) is 6.42 Å². The second kappa shape index (κ2) is 3.93. The molecule has 0 saturated heterocycles. The van der Waals surface area contributed by atoms with Crippen molar-refractivity contribution in [3.05, 3.63) is 0 Å². The van der Waals surface area contributed by atoms with Gasteiger partial charge in [-0.05, 0) is 6.42 Å². The summed E-state index contributed by atoms with van der Waals surface area (Å²) >= 11 is 0. The molecule has 0 unspecified atom stereocenters. The van der Waals surface area contributed by atoms with E-state index in [1.165, 1.54) is 0 Å². The Bertz CT molecular complexity index is 189. The van der Waals surface area contributed by atoms with Gasteiger partial charge in [-0.1, -0.05) is 13.3 Å². The number of carbonyl (C=O) groups is 1. The number of hydrogen-bond donors (Lipinski definition) is 1. The smallest absolute Gasteiger partial charge is 0.433 e. The van der Waals surface area contributed by atoms with Crippen molar-refractivity contribution in [2.75, 3.05) is 0 Å². The standard InChI is InChI=1S/C7H10F4O2/c1-2-3-4-6(8,5(12)13)7(9,10)11/h2-4H2,1H3,(H,12,13)/t6-/m0/s1. The first-order valence-electron chi connectivity index (χ1n) is 3.74. The second-order valence-corrected chi connectivity index (χ2v) is 2.71. The van der Waals surface area contributed by atoms with Gasteiger partial charge in [0, 0.05) is 6.42 Å². The lowest BCUT2D eigenvalue weighted by atomic mass is 9.98. The summed E-state index contributed by atoms with van der Waals surface area (Å²) < 4.78 is 48.7. The van der Waals surface area contributed by atoms with Gasteiger partial charge in [0.25, 0.3) is 0 Å². The van der Waals surface area contributed by atoms with E-state index in [1.54, 1.807) is 6.92 Å². The highest BCUT2D eigenvalue weighted by atomic mass is 19.4. The second-order valence-electron chi connectivity index (χ2n) is 2.71. The van der Waals surface area contributed by atoms with Crippen molar-refractivity contribution in [1.82, 2.24) is 0 Å². The van der Waals surface area contributed by atoms with E-state index in [9.17, 15) is 22.4 Å². The summed E-state index contributed by atoms with van der Waals surface area (Å²) in [5.74, 6) is -2.46. The molecular formula is C7H10F4O2. The third-order valence-electron chi connectivity index (χ3n) is 1.66. The molecule has 0 radical (unpaired) electrons. The van der Waals surface area contributed by atoms with Gasteiger partial charge in [-0.2, -0.15) is 13.2 Å². The van der Waals surface area contributed by atoms with Crippen LogP contribution in [-0.4, -0.2) is 22.9 Å². The lowest BCUT2D eigenvalue weighted by Crippen LogP contribution is -2.48. The van der Waals surface area contributed by atoms with Gasteiger partial charge >= 0.3 is 17.8 Å². The maximum atomic E-state index is 12.9. The van der Waals surface area contributed by atoms with Crippen LogP contribution in [0.15, 0.2) is 0 Å². The van der Waals surface area contributed by atoms with Gasteiger partial charge in [0.2, 0.25) is 0 Å². The average molecular weight is 202 g/mol. The van der Waals surface area contributed by atoms with Crippen LogP contribution in [-0.2, 0) is 4.79 Å². The van der Waals surface area contributed by atoms with Gasteiger partial charge in [0.1, 0.15) is 0 Å². The molecule has 0 aromatic heterocycles. The number of unbranched alkanes of at least 4 members (excludes halogenated alkanes) is 1. The Morgan fingerprint density at radius 3 is 2.00 bits per heavy atom. The zero-order chi connectivity index (χ0) is 10.7. The minimum atomic E-state index is -5.34. The molecule has 0 heterocycles. The topological polar surface area (TPSA) is 37.3 Å². The van der Waals surface area contributed by atoms with Crippen molar-refractivity contribution in [3.63, 3.8) is 0 Å². The van der Waals surface area contributed by atoms with Crippen LogP contribution in [0.4, 0.5) is 17.6 Å². The van der Waals surface area contributed by atoms with Gasteiger partial charge in [0.05, 0.1) is 0 Å². The van der Waals surface area contributed by atoms with Crippen LogP contribution < -0.4 is 0 Å². The molecule has 13 heavy (non-hydrogen) atoms. The molecule has 6 heteroatoms. The lowest BCUT2D eigenvalue weighted by molar-refractivity contribution is -0.238. The monoisotopic (exact) mass is 202 g/mol. The number of carboxylic acid groups (broad SMARTS) is 1. The molecule has 0 saturated carbocycles. The fourth-order valence-corrected chi connectivity index (χ4v) is 0.790. The van der Waals surface area contributed by atoms with Crippen LogP contribution in [0.2, 0.25) is 0 Å². The minimum Gasteiger partial charge on any atom is -0.479 e. The van der Waals surface area contributed by atoms with Gasteiger partial charge in [0.15, 0.2) is 0 Å².